The summed E-state index contributed by atoms with van der Waals surface area (Å²) in [5.41, 5.74) is -0.564. The maximum atomic E-state index is 13.2. The number of thiazole rings is 1. The molecule has 2 aromatic carbocycles. The fourth-order valence-electron chi connectivity index (χ4n) is 2.16. The van der Waals surface area contributed by atoms with Crippen molar-refractivity contribution in [1.82, 2.24) is 4.98 Å². The summed E-state index contributed by atoms with van der Waals surface area (Å²) < 4.78 is 51.3. The summed E-state index contributed by atoms with van der Waals surface area (Å²) in [5.74, 6) is -2.75. The number of non-ortho nitro benzene ring substituents is 1. The van der Waals surface area contributed by atoms with Gasteiger partial charge in [-0.15, -0.1) is 0 Å². The summed E-state index contributed by atoms with van der Waals surface area (Å²) in [4.78, 5) is 25.6. The Morgan fingerprint density at radius 1 is 1.11 bits per heavy atom. The lowest BCUT2D eigenvalue weighted by Gasteiger charge is -2.02. The van der Waals surface area contributed by atoms with E-state index in [4.69, 9.17) is 0 Å². The SMILES string of the molecule is O=C(Nc1ncc(S(=O)(=O)c2ccc([N+](=O)[O-])cc2)s1)c1cc(F)cc(F)c1. The molecule has 0 saturated heterocycles. The van der Waals surface area contributed by atoms with Gasteiger partial charge < -0.3 is 0 Å². The van der Waals surface area contributed by atoms with Gasteiger partial charge in [-0.1, -0.05) is 11.3 Å². The lowest BCUT2D eigenvalue weighted by atomic mass is 10.2. The fourth-order valence-corrected chi connectivity index (χ4v) is 4.59. The molecule has 0 radical (unpaired) electrons. The predicted molar refractivity (Wildman–Crippen MR) is 95.0 cm³/mol. The second kappa shape index (κ2) is 7.40. The number of aromatic nitrogens is 1. The van der Waals surface area contributed by atoms with E-state index in [9.17, 15) is 32.1 Å². The molecule has 144 valence electrons. The van der Waals surface area contributed by atoms with E-state index in [-0.39, 0.29) is 25.5 Å². The Morgan fingerprint density at radius 2 is 1.71 bits per heavy atom. The largest absolute Gasteiger partial charge is 0.298 e. The number of nitrogens with zero attached hydrogens (tertiary/aromatic N) is 2. The number of carbonyl (C=O) groups excluding carboxylic acids is 1. The second-order valence-electron chi connectivity index (χ2n) is 5.35. The molecule has 1 aromatic heterocycles. The standard InChI is InChI=1S/C16H9F2N3O5S2/c17-10-5-9(6-11(18)7-10)15(22)20-16-19-8-14(27-16)28(25,26)13-3-1-12(2-4-13)21(23)24/h1-8H,(H,19,20,22). The van der Waals surface area contributed by atoms with E-state index in [0.29, 0.717) is 17.4 Å². The summed E-state index contributed by atoms with van der Waals surface area (Å²) in [6.07, 6.45) is 1.00. The molecule has 1 N–H and O–H groups in total. The van der Waals surface area contributed by atoms with Gasteiger partial charge in [0.15, 0.2) is 5.13 Å². The highest BCUT2D eigenvalue weighted by Gasteiger charge is 2.22. The minimum atomic E-state index is -4.01. The van der Waals surface area contributed by atoms with Gasteiger partial charge in [0.05, 0.1) is 16.0 Å². The lowest BCUT2D eigenvalue weighted by Crippen LogP contribution is -2.12. The summed E-state index contributed by atoms with van der Waals surface area (Å²) in [7, 11) is -4.01. The Hall–Kier alpha value is -3.25. The van der Waals surface area contributed by atoms with E-state index in [1.165, 1.54) is 0 Å². The Kier molecular flexibility index (Phi) is 5.16. The van der Waals surface area contributed by atoms with Crippen molar-refractivity contribution in [2.45, 2.75) is 9.10 Å². The highest BCUT2D eigenvalue weighted by Crippen LogP contribution is 2.29. The van der Waals surface area contributed by atoms with E-state index in [0.717, 1.165) is 42.6 Å². The van der Waals surface area contributed by atoms with Crippen molar-refractivity contribution < 1.29 is 26.9 Å². The molecule has 0 spiro atoms. The first-order chi connectivity index (χ1) is 13.2. The quantitative estimate of drug-likeness (QED) is 0.494. The first-order valence-corrected chi connectivity index (χ1v) is 9.69. The molecular formula is C16H9F2N3O5S2. The number of benzene rings is 2. The molecule has 0 aliphatic heterocycles. The lowest BCUT2D eigenvalue weighted by molar-refractivity contribution is -0.384. The van der Waals surface area contributed by atoms with Crippen LogP contribution in [0.1, 0.15) is 10.4 Å². The zero-order valence-corrected chi connectivity index (χ0v) is 15.3. The highest BCUT2D eigenvalue weighted by molar-refractivity contribution is 7.93. The number of carbonyl (C=O) groups is 1. The van der Waals surface area contributed by atoms with Crippen LogP contribution < -0.4 is 5.32 Å². The number of hydrogen-bond acceptors (Lipinski definition) is 7. The molecule has 0 aliphatic rings. The Balaban J connectivity index is 1.82. The third kappa shape index (κ3) is 4.02. The predicted octanol–water partition coefficient (Wildman–Crippen LogP) is 3.41. The minimum Gasteiger partial charge on any atom is -0.298 e. The number of anilines is 1. The number of halogens is 2. The molecule has 3 rings (SSSR count). The molecule has 0 fully saturated rings. The van der Waals surface area contributed by atoms with Crippen molar-refractivity contribution in [2.24, 2.45) is 0 Å². The average Bonchev–Trinajstić information content (AvgIpc) is 3.10. The van der Waals surface area contributed by atoms with Gasteiger partial charge in [0.1, 0.15) is 15.8 Å². The number of amides is 1. The van der Waals surface area contributed by atoms with Crippen molar-refractivity contribution in [2.75, 3.05) is 5.32 Å². The van der Waals surface area contributed by atoms with Crippen LogP contribution in [0.5, 0.6) is 0 Å². The van der Waals surface area contributed by atoms with Crippen molar-refractivity contribution in [3.8, 4) is 0 Å². The van der Waals surface area contributed by atoms with Gasteiger partial charge in [0, 0.05) is 23.8 Å². The van der Waals surface area contributed by atoms with Crippen LogP contribution in [0.25, 0.3) is 0 Å². The zero-order chi connectivity index (χ0) is 20.5. The average molecular weight is 425 g/mol. The third-order valence-corrected chi connectivity index (χ3v) is 6.60. The van der Waals surface area contributed by atoms with Gasteiger partial charge in [-0.3, -0.25) is 20.2 Å². The van der Waals surface area contributed by atoms with Crippen molar-refractivity contribution in [1.29, 1.82) is 0 Å². The first kappa shape index (κ1) is 19.5. The molecule has 0 aliphatic carbocycles. The smallest absolute Gasteiger partial charge is 0.269 e. The number of rotatable bonds is 5. The van der Waals surface area contributed by atoms with Crippen LogP contribution in [-0.2, 0) is 9.84 Å². The summed E-state index contributed by atoms with van der Waals surface area (Å²) >= 11 is 0.624. The Labute approximate surface area is 160 Å². The molecule has 0 saturated carbocycles. The zero-order valence-electron chi connectivity index (χ0n) is 13.6. The topological polar surface area (TPSA) is 119 Å². The molecule has 12 heteroatoms. The number of nitro benzene ring substituents is 1. The van der Waals surface area contributed by atoms with E-state index in [1.54, 1.807) is 0 Å². The molecular weight excluding hydrogens is 416 g/mol. The van der Waals surface area contributed by atoms with Crippen LogP contribution in [0.3, 0.4) is 0 Å². The number of sulfone groups is 1. The van der Waals surface area contributed by atoms with Gasteiger partial charge in [0.25, 0.3) is 11.6 Å². The van der Waals surface area contributed by atoms with Gasteiger partial charge in [-0.05, 0) is 24.3 Å². The molecule has 0 atom stereocenters. The summed E-state index contributed by atoms with van der Waals surface area (Å²) in [5, 5.41) is 12.8. The van der Waals surface area contributed by atoms with E-state index in [2.05, 4.69) is 10.3 Å². The molecule has 3 aromatic rings. The maximum Gasteiger partial charge on any atom is 0.269 e. The highest BCUT2D eigenvalue weighted by atomic mass is 32.2. The van der Waals surface area contributed by atoms with Gasteiger partial charge >= 0.3 is 0 Å². The normalized spacial score (nSPS) is 11.2. The Bertz CT molecular complexity index is 1160. The molecule has 1 heterocycles. The van der Waals surface area contributed by atoms with Crippen molar-refractivity contribution in [3.63, 3.8) is 0 Å². The molecule has 0 unspecified atom stereocenters. The molecule has 1 amide bonds. The first-order valence-electron chi connectivity index (χ1n) is 7.39. The van der Waals surface area contributed by atoms with Gasteiger partial charge in [0.2, 0.25) is 9.84 Å². The fraction of sp³-hybridized carbons (Fsp3) is 0. The van der Waals surface area contributed by atoms with E-state index >= 15 is 0 Å². The van der Waals surface area contributed by atoms with Crippen LogP contribution in [-0.4, -0.2) is 24.2 Å². The molecule has 28 heavy (non-hydrogen) atoms. The van der Waals surface area contributed by atoms with Crippen LogP contribution in [0.15, 0.2) is 57.8 Å². The van der Waals surface area contributed by atoms with Gasteiger partial charge in [-0.25, -0.2) is 22.2 Å². The number of hydrogen-bond donors (Lipinski definition) is 1. The van der Waals surface area contributed by atoms with Crippen molar-refractivity contribution >= 4 is 37.9 Å². The van der Waals surface area contributed by atoms with E-state index in [1.807, 2.05) is 0 Å². The van der Waals surface area contributed by atoms with Crippen LogP contribution >= 0.6 is 11.3 Å². The molecule has 8 nitrogen and oxygen atoms in total. The number of nitrogens with one attached hydrogen (secondary N) is 1. The van der Waals surface area contributed by atoms with Gasteiger partial charge in [-0.2, -0.15) is 0 Å². The molecule has 0 bridgehead atoms. The summed E-state index contributed by atoms with van der Waals surface area (Å²) in [6.45, 7) is 0. The maximum absolute atomic E-state index is 13.2. The van der Waals surface area contributed by atoms with Crippen LogP contribution in [0.4, 0.5) is 19.6 Å². The second-order valence-corrected chi connectivity index (χ2v) is 8.56. The third-order valence-electron chi connectivity index (χ3n) is 3.45. The van der Waals surface area contributed by atoms with Crippen molar-refractivity contribution in [3.05, 3.63) is 76.0 Å². The summed E-state index contributed by atoms with van der Waals surface area (Å²) in [6, 6.07) is 6.52. The Morgan fingerprint density at radius 3 is 2.29 bits per heavy atom. The van der Waals surface area contributed by atoms with E-state index < -0.39 is 32.3 Å². The van der Waals surface area contributed by atoms with Crippen LogP contribution in [0.2, 0.25) is 0 Å². The minimum absolute atomic E-state index is 0.102. The monoisotopic (exact) mass is 425 g/mol. The van der Waals surface area contributed by atoms with Crippen LogP contribution in [0, 0.1) is 21.7 Å². The number of nitro groups is 1.